The van der Waals surface area contributed by atoms with Crippen LogP contribution < -0.4 is 20.3 Å². The van der Waals surface area contributed by atoms with Crippen LogP contribution in [0.3, 0.4) is 0 Å². The van der Waals surface area contributed by atoms with Crippen molar-refractivity contribution in [3.05, 3.63) is 59.7 Å². The number of unbranched alkanes of at least 4 members (excludes halogenated alkanes) is 3. The molecule has 2 rings (SSSR count). The molecule has 2 aromatic rings. The standard InChI is InChI=1S/C24H33N5O2/c1-3-5-7-17-31-23-14-10-21(11-15-23)19-27-29-24(25)28-26-18-20-8-12-22(13-9-20)30-16-6-4-2/h8-15,18-19H,3-7,16-17H2,1-2H3,(H3,25,28,29)/b26-18+,27-19+. The number of nitrogens with one attached hydrogen (secondary N) is 3. The summed E-state index contributed by atoms with van der Waals surface area (Å²) in [5.41, 5.74) is 7.00. The molecule has 0 bridgehead atoms. The number of ether oxygens (including phenoxy) is 2. The van der Waals surface area contributed by atoms with Gasteiger partial charge in [-0.2, -0.15) is 10.2 Å². The van der Waals surface area contributed by atoms with Gasteiger partial charge in [-0.1, -0.05) is 33.1 Å². The second-order valence-electron chi connectivity index (χ2n) is 7.01. The van der Waals surface area contributed by atoms with E-state index in [2.05, 4.69) is 34.9 Å². The minimum Gasteiger partial charge on any atom is -0.494 e. The Kier molecular flexibility index (Phi) is 11.3. The molecule has 0 aromatic heterocycles. The molecule has 0 heterocycles. The highest BCUT2D eigenvalue weighted by molar-refractivity contribution is 5.84. The summed E-state index contributed by atoms with van der Waals surface area (Å²) in [7, 11) is 0. The lowest BCUT2D eigenvalue weighted by Crippen LogP contribution is -2.29. The number of guanidine groups is 1. The zero-order chi connectivity index (χ0) is 22.2. The third-order valence-electron chi connectivity index (χ3n) is 4.32. The zero-order valence-electron chi connectivity index (χ0n) is 18.4. The van der Waals surface area contributed by atoms with Crippen LogP contribution in [0.25, 0.3) is 0 Å². The Morgan fingerprint density at radius 3 is 1.65 bits per heavy atom. The van der Waals surface area contributed by atoms with Crippen molar-refractivity contribution in [3.8, 4) is 11.5 Å². The predicted molar refractivity (Wildman–Crippen MR) is 127 cm³/mol. The number of hydrogen-bond acceptors (Lipinski definition) is 5. The third-order valence-corrected chi connectivity index (χ3v) is 4.32. The smallest absolute Gasteiger partial charge is 0.230 e. The zero-order valence-corrected chi connectivity index (χ0v) is 18.4. The van der Waals surface area contributed by atoms with E-state index in [-0.39, 0.29) is 5.96 Å². The molecule has 7 heteroatoms. The van der Waals surface area contributed by atoms with Crippen LogP contribution in [0.2, 0.25) is 0 Å². The lowest BCUT2D eigenvalue weighted by molar-refractivity contribution is 0.306. The summed E-state index contributed by atoms with van der Waals surface area (Å²) in [6.07, 6.45) is 8.86. The molecule has 0 saturated carbocycles. The molecule has 0 aliphatic rings. The molecule has 0 unspecified atom stereocenters. The first-order valence-electron chi connectivity index (χ1n) is 10.8. The summed E-state index contributed by atoms with van der Waals surface area (Å²) < 4.78 is 11.3. The molecule has 0 aliphatic carbocycles. The topological polar surface area (TPSA) is 91.1 Å². The molecule has 0 spiro atoms. The molecule has 31 heavy (non-hydrogen) atoms. The maximum Gasteiger partial charge on any atom is 0.230 e. The maximum atomic E-state index is 7.80. The monoisotopic (exact) mass is 423 g/mol. The van der Waals surface area contributed by atoms with Crippen LogP contribution in [0.4, 0.5) is 0 Å². The molecule has 0 fully saturated rings. The Labute approximate surface area is 185 Å². The van der Waals surface area contributed by atoms with E-state index in [1.807, 2.05) is 48.5 Å². The van der Waals surface area contributed by atoms with Gasteiger partial charge >= 0.3 is 0 Å². The fraction of sp³-hybridized carbons (Fsp3) is 0.375. The van der Waals surface area contributed by atoms with E-state index in [1.54, 1.807) is 12.4 Å². The van der Waals surface area contributed by atoms with Gasteiger partial charge in [-0.15, -0.1) is 0 Å². The van der Waals surface area contributed by atoms with E-state index >= 15 is 0 Å². The quantitative estimate of drug-likeness (QED) is 0.185. The molecule has 2 aromatic carbocycles. The van der Waals surface area contributed by atoms with E-state index in [4.69, 9.17) is 14.9 Å². The van der Waals surface area contributed by atoms with Gasteiger partial charge in [0.05, 0.1) is 25.6 Å². The Bertz CT molecular complexity index is 817. The van der Waals surface area contributed by atoms with Gasteiger partial charge in [0.15, 0.2) is 0 Å². The van der Waals surface area contributed by atoms with Crippen LogP contribution in [0.1, 0.15) is 57.1 Å². The summed E-state index contributed by atoms with van der Waals surface area (Å²) in [5.74, 6) is 1.67. The minimum absolute atomic E-state index is 0.0251. The lowest BCUT2D eigenvalue weighted by Gasteiger charge is -2.05. The first kappa shape index (κ1) is 23.9. The Morgan fingerprint density at radius 1 is 0.742 bits per heavy atom. The van der Waals surface area contributed by atoms with Crippen molar-refractivity contribution in [2.24, 2.45) is 10.2 Å². The molecule has 7 nitrogen and oxygen atoms in total. The molecule has 166 valence electrons. The first-order chi connectivity index (χ1) is 15.2. The van der Waals surface area contributed by atoms with Gasteiger partial charge in [0.25, 0.3) is 0 Å². The summed E-state index contributed by atoms with van der Waals surface area (Å²) >= 11 is 0. The SMILES string of the molecule is CCCCCOc1ccc(/C=N/NC(=N)N/N=C/c2ccc(OCCCC)cc2)cc1. The van der Waals surface area contributed by atoms with E-state index < -0.39 is 0 Å². The number of hydrogen-bond donors (Lipinski definition) is 3. The van der Waals surface area contributed by atoms with Crippen LogP contribution >= 0.6 is 0 Å². The van der Waals surface area contributed by atoms with E-state index in [1.165, 1.54) is 12.8 Å². The van der Waals surface area contributed by atoms with Gasteiger partial charge in [0.1, 0.15) is 11.5 Å². The molecule has 0 aliphatic heterocycles. The fourth-order valence-corrected chi connectivity index (χ4v) is 2.54. The van der Waals surface area contributed by atoms with Crippen molar-refractivity contribution in [1.29, 1.82) is 5.41 Å². The van der Waals surface area contributed by atoms with E-state index in [0.717, 1.165) is 55.1 Å². The lowest BCUT2D eigenvalue weighted by atomic mass is 10.2. The van der Waals surface area contributed by atoms with Crippen molar-refractivity contribution in [2.75, 3.05) is 13.2 Å². The van der Waals surface area contributed by atoms with Crippen LogP contribution in [0, 0.1) is 5.41 Å². The number of nitrogens with zero attached hydrogens (tertiary/aromatic N) is 2. The van der Waals surface area contributed by atoms with Crippen molar-refractivity contribution < 1.29 is 9.47 Å². The Hall–Kier alpha value is -3.35. The van der Waals surface area contributed by atoms with Gasteiger partial charge in [-0.05, 0) is 72.5 Å². The van der Waals surface area contributed by atoms with Crippen LogP contribution in [-0.4, -0.2) is 31.6 Å². The first-order valence-corrected chi connectivity index (χ1v) is 10.8. The third kappa shape index (κ3) is 10.3. The molecule has 3 N–H and O–H groups in total. The highest BCUT2D eigenvalue weighted by atomic mass is 16.5. The van der Waals surface area contributed by atoms with Crippen molar-refractivity contribution in [3.63, 3.8) is 0 Å². The van der Waals surface area contributed by atoms with Crippen LogP contribution in [0.5, 0.6) is 11.5 Å². The number of rotatable bonds is 13. The normalized spacial score (nSPS) is 11.0. The summed E-state index contributed by atoms with van der Waals surface area (Å²) in [6, 6.07) is 15.3. The summed E-state index contributed by atoms with van der Waals surface area (Å²) in [4.78, 5) is 0. The van der Waals surface area contributed by atoms with Crippen molar-refractivity contribution >= 4 is 18.4 Å². The average molecular weight is 424 g/mol. The van der Waals surface area contributed by atoms with Gasteiger partial charge in [-0.3, -0.25) is 5.41 Å². The molecule has 0 saturated heterocycles. The molecule has 0 amide bonds. The molecule has 0 radical (unpaired) electrons. The predicted octanol–water partition coefficient (Wildman–Crippen LogP) is 4.92. The molecular formula is C24H33N5O2. The second-order valence-corrected chi connectivity index (χ2v) is 7.01. The van der Waals surface area contributed by atoms with Gasteiger partial charge in [0.2, 0.25) is 5.96 Å². The summed E-state index contributed by atoms with van der Waals surface area (Å²) in [5, 5.41) is 15.9. The average Bonchev–Trinajstić information content (AvgIpc) is 2.79. The van der Waals surface area contributed by atoms with E-state index in [9.17, 15) is 0 Å². The van der Waals surface area contributed by atoms with E-state index in [0.29, 0.717) is 0 Å². The Balaban J connectivity index is 1.68. The molecule has 0 atom stereocenters. The van der Waals surface area contributed by atoms with Crippen LogP contribution in [-0.2, 0) is 0 Å². The largest absolute Gasteiger partial charge is 0.494 e. The highest BCUT2D eigenvalue weighted by Crippen LogP contribution is 2.12. The van der Waals surface area contributed by atoms with Crippen molar-refractivity contribution in [1.82, 2.24) is 10.9 Å². The van der Waals surface area contributed by atoms with Gasteiger partial charge in [0, 0.05) is 0 Å². The minimum atomic E-state index is -0.0251. The highest BCUT2D eigenvalue weighted by Gasteiger charge is 1.96. The second kappa shape index (κ2) is 14.6. The number of hydrazone groups is 2. The van der Waals surface area contributed by atoms with Gasteiger partial charge in [-0.25, -0.2) is 10.9 Å². The number of benzene rings is 2. The fourth-order valence-electron chi connectivity index (χ4n) is 2.54. The van der Waals surface area contributed by atoms with Crippen molar-refractivity contribution in [2.45, 2.75) is 46.0 Å². The van der Waals surface area contributed by atoms with Gasteiger partial charge < -0.3 is 9.47 Å². The Morgan fingerprint density at radius 2 is 1.19 bits per heavy atom. The van der Waals surface area contributed by atoms with Crippen LogP contribution in [0.15, 0.2) is 58.7 Å². The maximum absolute atomic E-state index is 7.80. The summed E-state index contributed by atoms with van der Waals surface area (Å²) in [6.45, 7) is 5.78. The molecular weight excluding hydrogens is 390 g/mol.